The number of carbonyl (C=O) groups excluding carboxylic acids is 1. The Kier molecular flexibility index (Phi) is 1.76. The molecule has 68 valence electrons. The summed E-state index contributed by atoms with van der Waals surface area (Å²) in [6, 6.07) is 1.95. The van der Waals surface area contributed by atoms with Crippen LogP contribution in [0, 0.1) is 0 Å². The molecule has 13 heavy (non-hydrogen) atoms. The van der Waals surface area contributed by atoms with Gasteiger partial charge in [0.1, 0.15) is 0 Å². The number of aromatic nitrogens is 2. The maximum absolute atomic E-state index is 11.7. The summed E-state index contributed by atoms with van der Waals surface area (Å²) in [6.07, 6.45) is 1.56. The van der Waals surface area contributed by atoms with Crippen molar-refractivity contribution in [1.29, 1.82) is 0 Å². The van der Waals surface area contributed by atoms with E-state index in [0.717, 1.165) is 5.69 Å². The van der Waals surface area contributed by atoms with Gasteiger partial charge in [0, 0.05) is 6.04 Å². The van der Waals surface area contributed by atoms with Crippen LogP contribution in [0.4, 0.5) is 0 Å². The fourth-order valence-electron chi connectivity index (χ4n) is 1.48. The van der Waals surface area contributed by atoms with Crippen LogP contribution in [-0.4, -0.2) is 27.0 Å². The Balaban J connectivity index is 2.38. The zero-order valence-corrected chi connectivity index (χ0v) is 7.69. The second kappa shape index (κ2) is 2.80. The molecule has 0 atom stereocenters. The standard InChI is InChI=1S/C9H11N3O/c1-6(2)12-5-8-7(9(12)13)3-4-10-11-8/h3-4,6H,5H2,1-2H3. The summed E-state index contributed by atoms with van der Waals surface area (Å²) in [6.45, 7) is 4.59. The molecule has 1 aromatic heterocycles. The van der Waals surface area contributed by atoms with Gasteiger partial charge in [0.15, 0.2) is 0 Å². The van der Waals surface area contributed by atoms with Gasteiger partial charge < -0.3 is 4.90 Å². The Morgan fingerprint density at radius 3 is 2.92 bits per heavy atom. The van der Waals surface area contributed by atoms with Crippen molar-refractivity contribution in [2.75, 3.05) is 0 Å². The predicted octanol–water partition coefficient (Wildman–Crippen LogP) is 0.841. The van der Waals surface area contributed by atoms with Crippen molar-refractivity contribution in [3.8, 4) is 0 Å². The molecule has 0 fully saturated rings. The lowest BCUT2D eigenvalue weighted by Crippen LogP contribution is -2.30. The summed E-state index contributed by atoms with van der Waals surface area (Å²) in [5.41, 5.74) is 1.49. The van der Waals surface area contributed by atoms with Gasteiger partial charge in [-0.05, 0) is 19.9 Å². The Morgan fingerprint density at radius 2 is 2.31 bits per heavy atom. The van der Waals surface area contributed by atoms with E-state index in [1.54, 1.807) is 17.2 Å². The third-order valence-electron chi connectivity index (χ3n) is 2.23. The van der Waals surface area contributed by atoms with E-state index in [4.69, 9.17) is 0 Å². The van der Waals surface area contributed by atoms with Crippen LogP contribution in [0.3, 0.4) is 0 Å². The number of fused-ring (bicyclic) bond motifs is 1. The number of rotatable bonds is 1. The lowest BCUT2D eigenvalue weighted by Gasteiger charge is -2.19. The lowest BCUT2D eigenvalue weighted by molar-refractivity contribution is 0.0730. The van der Waals surface area contributed by atoms with Crippen molar-refractivity contribution >= 4 is 5.91 Å². The average molecular weight is 177 g/mol. The number of hydrogen-bond acceptors (Lipinski definition) is 3. The Morgan fingerprint density at radius 1 is 1.54 bits per heavy atom. The second-order valence-corrected chi connectivity index (χ2v) is 3.42. The van der Waals surface area contributed by atoms with Crippen LogP contribution in [0.5, 0.6) is 0 Å². The number of carbonyl (C=O) groups is 1. The summed E-state index contributed by atoms with van der Waals surface area (Å²) < 4.78 is 0. The average Bonchev–Trinajstić information content (AvgIpc) is 2.45. The second-order valence-electron chi connectivity index (χ2n) is 3.42. The summed E-state index contributed by atoms with van der Waals surface area (Å²) >= 11 is 0. The zero-order chi connectivity index (χ0) is 9.42. The quantitative estimate of drug-likeness (QED) is 0.638. The van der Waals surface area contributed by atoms with Crippen LogP contribution in [0.25, 0.3) is 0 Å². The lowest BCUT2D eigenvalue weighted by atomic mass is 10.2. The Labute approximate surface area is 76.6 Å². The van der Waals surface area contributed by atoms with Crippen LogP contribution >= 0.6 is 0 Å². The Hall–Kier alpha value is -1.45. The van der Waals surface area contributed by atoms with E-state index in [9.17, 15) is 4.79 Å². The van der Waals surface area contributed by atoms with E-state index in [1.165, 1.54) is 0 Å². The molecule has 0 bridgehead atoms. The van der Waals surface area contributed by atoms with E-state index < -0.39 is 0 Å². The molecule has 2 rings (SSSR count). The molecule has 0 saturated carbocycles. The highest BCUT2D eigenvalue weighted by Crippen LogP contribution is 2.21. The normalized spacial score (nSPS) is 15.3. The minimum Gasteiger partial charge on any atom is -0.330 e. The van der Waals surface area contributed by atoms with Gasteiger partial charge in [-0.15, -0.1) is 0 Å². The molecule has 0 saturated heterocycles. The molecule has 0 aliphatic carbocycles. The van der Waals surface area contributed by atoms with Gasteiger partial charge in [-0.25, -0.2) is 0 Å². The molecule has 1 amide bonds. The first kappa shape index (κ1) is 8.16. The highest BCUT2D eigenvalue weighted by atomic mass is 16.2. The third kappa shape index (κ3) is 1.18. The summed E-state index contributed by atoms with van der Waals surface area (Å²) in [7, 11) is 0. The molecule has 4 heteroatoms. The molecule has 1 aliphatic heterocycles. The van der Waals surface area contributed by atoms with E-state index in [2.05, 4.69) is 10.2 Å². The molecule has 0 spiro atoms. The molecular weight excluding hydrogens is 166 g/mol. The fraction of sp³-hybridized carbons (Fsp3) is 0.444. The first-order valence-electron chi connectivity index (χ1n) is 4.31. The molecule has 1 aromatic rings. The van der Waals surface area contributed by atoms with Gasteiger partial charge in [0.2, 0.25) is 0 Å². The molecule has 4 nitrogen and oxygen atoms in total. The minimum absolute atomic E-state index is 0.0694. The van der Waals surface area contributed by atoms with Gasteiger partial charge >= 0.3 is 0 Å². The Bertz CT molecular complexity index is 348. The molecule has 0 radical (unpaired) electrons. The highest BCUT2D eigenvalue weighted by Gasteiger charge is 2.29. The van der Waals surface area contributed by atoms with Crippen molar-refractivity contribution in [3.63, 3.8) is 0 Å². The van der Waals surface area contributed by atoms with Crippen molar-refractivity contribution < 1.29 is 4.79 Å². The molecular formula is C9H11N3O. The topological polar surface area (TPSA) is 46.1 Å². The SMILES string of the molecule is CC(C)N1Cc2nnccc2C1=O. The third-order valence-corrected chi connectivity index (χ3v) is 2.23. The number of nitrogens with zero attached hydrogens (tertiary/aromatic N) is 3. The van der Waals surface area contributed by atoms with Crippen molar-refractivity contribution in [2.24, 2.45) is 0 Å². The minimum atomic E-state index is 0.0694. The van der Waals surface area contributed by atoms with Crippen LogP contribution in [0.15, 0.2) is 12.3 Å². The van der Waals surface area contributed by atoms with Gasteiger partial charge in [-0.1, -0.05) is 0 Å². The first-order valence-corrected chi connectivity index (χ1v) is 4.31. The maximum Gasteiger partial charge on any atom is 0.256 e. The van der Waals surface area contributed by atoms with Gasteiger partial charge in [-0.3, -0.25) is 4.79 Å². The molecule has 1 aliphatic rings. The number of hydrogen-bond donors (Lipinski definition) is 0. The van der Waals surface area contributed by atoms with Crippen molar-refractivity contribution in [2.45, 2.75) is 26.4 Å². The van der Waals surface area contributed by atoms with Crippen molar-refractivity contribution in [1.82, 2.24) is 15.1 Å². The van der Waals surface area contributed by atoms with E-state index in [1.807, 2.05) is 13.8 Å². The van der Waals surface area contributed by atoms with E-state index in [0.29, 0.717) is 12.1 Å². The summed E-state index contributed by atoms with van der Waals surface area (Å²) in [4.78, 5) is 13.5. The van der Waals surface area contributed by atoms with Crippen LogP contribution < -0.4 is 0 Å². The van der Waals surface area contributed by atoms with Crippen molar-refractivity contribution in [3.05, 3.63) is 23.5 Å². The fourth-order valence-corrected chi connectivity index (χ4v) is 1.48. The largest absolute Gasteiger partial charge is 0.330 e. The molecule has 0 unspecified atom stereocenters. The molecule has 0 aromatic carbocycles. The summed E-state index contributed by atoms with van der Waals surface area (Å²) in [5, 5.41) is 7.69. The van der Waals surface area contributed by atoms with Crippen LogP contribution in [-0.2, 0) is 6.54 Å². The van der Waals surface area contributed by atoms with Gasteiger partial charge in [-0.2, -0.15) is 10.2 Å². The smallest absolute Gasteiger partial charge is 0.256 e. The summed E-state index contributed by atoms with van der Waals surface area (Å²) in [5.74, 6) is 0.0694. The molecule has 2 heterocycles. The maximum atomic E-state index is 11.7. The number of amides is 1. The van der Waals surface area contributed by atoms with Gasteiger partial charge in [0.05, 0.1) is 24.0 Å². The van der Waals surface area contributed by atoms with E-state index in [-0.39, 0.29) is 11.9 Å². The van der Waals surface area contributed by atoms with Gasteiger partial charge in [0.25, 0.3) is 5.91 Å². The molecule has 0 N–H and O–H groups in total. The predicted molar refractivity (Wildman–Crippen MR) is 47.0 cm³/mol. The monoisotopic (exact) mass is 177 g/mol. The van der Waals surface area contributed by atoms with Crippen LogP contribution in [0.2, 0.25) is 0 Å². The zero-order valence-electron chi connectivity index (χ0n) is 7.69. The highest BCUT2D eigenvalue weighted by molar-refractivity contribution is 5.97. The first-order chi connectivity index (χ1) is 6.20. The van der Waals surface area contributed by atoms with E-state index >= 15 is 0 Å². The van der Waals surface area contributed by atoms with Crippen LogP contribution in [0.1, 0.15) is 29.9 Å².